The highest BCUT2D eigenvalue weighted by atomic mass is 35.5. The number of sulfone groups is 1. The molecule has 1 aromatic carbocycles. The van der Waals surface area contributed by atoms with E-state index in [1.165, 1.54) is 0 Å². The van der Waals surface area contributed by atoms with Crippen LogP contribution < -0.4 is 10.6 Å². The summed E-state index contributed by atoms with van der Waals surface area (Å²) >= 11 is 0. The number of methoxy groups -OCH3 is 1. The fourth-order valence-electron chi connectivity index (χ4n) is 2.10. The van der Waals surface area contributed by atoms with Crippen molar-refractivity contribution in [2.24, 2.45) is 5.92 Å². The number of benzene rings is 1. The zero-order valence-corrected chi connectivity index (χ0v) is 14.9. The number of carbonyl (C=O) groups excluding carboxylic acids is 2. The SMILES string of the molecule is COC(=O)CS(=O)(=O)Cc1ccc(CNC(=O)C2CNC2)cc1.Cl. The fraction of sp³-hybridized carbons (Fsp3) is 0.467. The van der Waals surface area contributed by atoms with Gasteiger partial charge in [-0.3, -0.25) is 9.59 Å². The molecule has 0 atom stereocenters. The van der Waals surface area contributed by atoms with Gasteiger partial charge in [-0.25, -0.2) is 8.42 Å². The maximum atomic E-state index is 11.8. The maximum absolute atomic E-state index is 11.8. The molecule has 1 fully saturated rings. The van der Waals surface area contributed by atoms with Crippen LogP contribution in [-0.2, 0) is 36.5 Å². The van der Waals surface area contributed by atoms with E-state index < -0.39 is 21.6 Å². The first kappa shape index (κ1) is 20.4. The fourth-order valence-corrected chi connectivity index (χ4v) is 3.38. The normalized spacial score (nSPS) is 14.2. The number of esters is 1. The highest BCUT2D eigenvalue weighted by molar-refractivity contribution is 7.91. The molecule has 2 rings (SSSR count). The van der Waals surface area contributed by atoms with Crippen LogP contribution >= 0.6 is 12.4 Å². The van der Waals surface area contributed by atoms with Crippen LogP contribution in [0, 0.1) is 5.92 Å². The topological polar surface area (TPSA) is 102 Å². The summed E-state index contributed by atoms with van der Waals surface area (Å²) in [7, 11) is -2.39. The molecule has 1 heterocycles. The molecule has 134 valence electrons. The average molecular weight is 377 g/mol. The highest BCUT2D eigenvalue weighted by Gasteiger charge is 2.24. The second kappa shape index (κ2) is 9.00. The molecule has 0 aliphatic carbocycles. The first-order valence-corrected chi connectivity index (χ1v) is 9.05. The van der Waals surface area contributed by atoms with E-state index in [2.05, 4.69) is 15.4 Å². The summed E-state index contributed by atoms with van der Waals surface area (Å²) in [5.41, 5.74) is 1.48. The monoisotopic (exact) mass is 376 g/mol. The lowest BCUT2D eigenvalue weighted by molar-refractivity contribution is -0.137. The Hall–Kier alpha value is -1.64. The molecule has 24 heavy (non-hydrogen) atoms. The highest BCUT2D eigenvalue weighted by Crippen LogP contribution is 2.10. The van der Waals surface area contributed by atoms with Crippen LogP contribution in [0.15, 0.2) is 24.3 Å². The van der Waals surface area contributed by atoms with Crippen LogP contribution in [0.4, 0.5) is 0 Å². The minimum absolute atomic E-state index is 0. The molecule has 1 saturated heterocycles. The standard InChI is InChI=1S/C15H20N2O5S.ClH/c1-22-14(18)10-23(20,21)9-12-4-2-11(3-5-12)6-17-15(19)13-7-16-8-13;/h2-5,13,16H,6-10H2,1H3,(H,17,19);1H. The van der Waals surface area contributed by atoms with Crippen molar-refractivity contribution in [1.29, 1.82) is 0 Å². The summed E-state index contributed by atoms with van der Waals surface area (Å²) in [4.78, 5) is 22.8. The number of nitrogens with one attached hydrogen (secondary N) is 2. The summed E-state index contributed by atoms with van der Waals surface area (Å²) in [6.45, 7) is 1.83. The van der Waals surface area contributed by atoms with E-state index in [4.69, 9.17) is 0 Å². The Morgan fingerprint density at radius 2 is 1.79 bits per heavy atom. The molecule has 0 radical (unpaired) electrons. The van der Waals surface area contributed by atoms with Crippen LogP contribution in [0.2, 0.25) is 0 Å². The Balaban J connectivity index is 0.00000288. The van der Waals surface area contributed by atoms with Crippen LogP contribution in [0.5, 0.6) is 0 Å². The van der Waals surface area contributed by atoms with Gasteiger partial charge in [0.2, 0.25) is 5.91 Å². The van der Waals surface area contributed by atoms with E-state index in [0.29, 0.717) is 25.2 Å². The number of carbonyl (C=O) groups is 2. The molecular weight excluding hydrogens is 356 g/mol. The third-order valence-electron chi connectivity index (χ3n) is 3.59. The van der Waals surface area contributed by atoms with Crippen molar-refractivity contribution in [1.82, 2.24) is 10.6 Å². The first-order chi connectivity index (χ1) is 10.9. The quantitative estimate of drug-likeness (QED) is 0.651. The molecule has 2 N–H and O–H groups in total. The molecule has 1 aliphatic heterocycles. The summed E-state index contributed by atoms with van der Waals surface area (Å²) in [6, 6.07) is 6.90. The lowest BCUT2D eigenvalue weighted by Gasteiger charge is -2.25. The van der Waals surface area contributed by atoms with E-state index in [0.717, 1.165) is 12.7 Å². The largest absolute Gasteiger partial charge is 0.468 e. The van der Waals surface area contributed by atoms with Crippen LogP contribution in [0.3, 0.4) is 0 Å². The second-order valence-corrected chi connectivity index (χ2v) is 7.56. The smallest absolute Gasteiger partial charge is 0.320 e. The molecule has 0 unspecified atom stereocenters. The number of halogens is 1. The predicted octanol–water partition coefficient (Wildman–Crippen LogP) is 0.0318. The van der Waals surface area contributed by atoms with Crippen molar-refractivity contribution < 1.29 is 22.7 Å². The molecule has 1 amide bonds. The molecule has 0 spiro atoms. The Morgan fingerprint density at radius 3 is 2.29 bits per heavy atom. The first-order valence-electron chi connectivity index (χ1n) is 7.23. The second-order valence-electron chi connectivity index (χ2n) is 5.50. The third kappa shape index (κ3) is 6.10. The zero-order valence-electron chi connectivity index (χ0n) is 13.3. The number of hydrogen-bond donors (Lipinski definition) is 2. The Labute approximate surface area is 147 Å². The molecule has 9 heteroatoms. The molecular formula is C15H21ClN2O5S. The van der Waals surface area contributed by atoms with Crippen LogP contribution in [0.25, 0.3) is 0 Å². The van der Waals surface area contributed by atoms with Gasteiger partial charge in [-0.2, -0.15) is 0 Å². The van der Waals surface area contributed by atoms with E-state index >= 15 is 0 Å². The minimum atomic E-state index is -3.54. The number of ether oxygens (including phenoxy) is 1. The van der Waals surface area contributed by atoms with E-state index in [-0.39, 0.29) is 30.0 Å². The van der Waals surface area contributed by atoms with E-state index in [9.17, 15) is 18.0 Å². The lowest BCUT2D eigenvalue weighted by Crippen LogP contribution is -2.50. The number of amides is 1. The molecule has 7 nitrogen and oxygen atoms in total. The summed E-state index contributed by atoms with van der Waals surface area (Å²) in [6.07, 6.45) is 0. The summed E-state index contributed by atoms with van der Waals surface area (Å²) in [5.74, 6) is -1.56. The van der Waals surface area contributed by atoms with Gasteiger partial charge < -0.3 is 15.4 Å². The van der Waals surface area contributed by atoms with Crippen LogP contribution in [-0.4, -0.2) is 46.2 Å². The Bertz CT molecular complexity index is 672. The van der Waals surface area contributed by atoms with Gasteiger partial charge in [0.25, 0.3) is 0 Å². The van der Waals surface area contributed by atoms with Gasteiger partial charge >= 0.3 is 5.97 Å². The zero-order chi connectivity index (χ0) is 16.9. The Morgan fingerprint density at radius 1 is 1.21 bits per heavy atom. The molecule has 0 saturated carbocycles. The van der Waals surface area contributed by atoms with Crippen molar-refractivity contribution in [2.75, 3.05) is 26.0 Å². The van der Waals surface area contributed by atoms with Gasteiger partial charge in [-0.05, 0) is 11.1 Å². The van der Waals surface area contributed by atoms with Gasteiger partial charge in [0.05, 0.1) is 18.8 Å². The number of hydrogen-bond acceptors (Lipinski definition) is 6. The Kier molecular flexibility index (Phi) is 7.65. The van der Waals surface area contributed by atoms with Gasteiger partial charge in [0.1, 0.15) is 5.75 Å². The van der Waals surface area contributed by atoms with Crippen molar-refractivity contribution in [3.05, 3.63) is 35.4 Å². The van der Waals surface area contributed by atoms with Gasteiger partial charge in [-0.15, -0.1) is 12.4 Å². The van der Waals surface area contributed by atoms with E-state index in [1.54, 1.807) is 24.3 Å². The summed E-state index contributed by atoms with van der Waals surface area (Å²) < 4.78 is 28.0. The summed E-state index contributed by atoms with van der Waals surface area (Å²) in [5, 5.41) is 5.88. The molecule has 0 bridgehead atoms. The van der Waals surface area contributed by atoms with Gasteiger partial charge in [-0.1, -0.05) is 24.3 Å². The third-order valence-corrected chi connectivity index (χ3v) is 5.04. The van der Waals surface area contributed by atoms with Crippen molar-refractivity contribution in [3.8, 4) is 0 Å². The maximum Gasteiger partial charge on any atom is 0.320 e. The van der Waals surface area contributed by atoms with Crippen molar-refractivity contribution in [3.63, 3.8) is 0 Å². The molecule has 1 aromatic rings. The van der Waals surface area contributed by atoms with E-state index in [1.807, 2.05) is 0 Å². The lowest BCUT2D eigenvalue weighted by atomic mass is 10.0. The molecule has 0 aromatic heterocycles. The predicted molar refractivity (Wildman–Crippen MR) is 91.4 cm³/mol. The van der Waals surface area contributed by atoms with Gasteiger partial charge in [0.15, 0.2) is 9.84 Å². The van der Waals surface area contributed by atoms with Crippen molar-refractivity contribution >= 4 is 34.1 Å². The van der Waals surface area contributed by atoms with Crippen LogP contribution in [0.1, 0.15) is 11.1 Å². The number of rotatable bonds is 7. The van der Waals surface area contributed by atoms with Gasteiger partial charge in [0, 0.05) is 19.6 Å². The average Bonchev–Trinajstić information content (AvgIpc) is 2.43. The van der Waals surface area contributed by atoms with Crippen molar-refractivity contribution in [2.45, 2.75) is 12.3 Å². The minimum Gasteiger partial charge on any atom is -0.468 e. The molecule has 1 aliphatic rings.